The zero-order chi connectivity index (χ0) is 23.0. The first-order valence-electron chi connectivity index (χ1n) is 10.9. The highest BCUT2D eigenvalue weighted by atomic mass is 19.1. The molecule has 2 aliphatic rings. The summed E-state index contributed by atoms with van der Waals surface area (Å²) in [5, 5.41) is 10.3. The van der Waals surface area contributed by atoms with Crippen LogP contribution in [0.2, 0.25) is 0 Å². The van der Waals surface area contributed by atoms with E-state index >= 15 is 4.39 Å². The number of ether oxygens (including phenoxy) is 1. The number of hydrogen-bond acceptors (Lipinski definition) is 6. The van der Waals surface area contributed by atoms with Gasteiger partial charge in [-0.15, -0.1) is 5.10 Å². The van der Waals surface area contributed by atoms with E-state index in [1.54, 1.807) is 12.1 Å². The maximum Gasteiger partial charge on any atom is 0.247 e. The van der Waals surface area contributed by atoms with E-state index in [4.69, 9.17) is 4.74 Å². The lowest BCUT2D eigenvalue weighted by atomic mass is 10.1. The Hall–Kier alpha value is -3.11. The first kappa shape index (κ1) is 21.7. The molecule has 174 valence electrons. The van der Waals surface area contributed by atoms with E-state index in [1.807, 2.05) is 6.92 Å². The third-order valence-corrected chi connectivity index (χ3v) is 6.18. The van der Waals surface area contributed by atoms with Crippen molar-refractivity contribution in [2.45, 2.75) is 25.3 Å². The van der Waals surface area contributed by atoms with Crippen molar-refractivity contribution in [2.24, 2.45) is 0 Å². The molecule has 33 heavy (non-hydrogen) atoms. The summed E-state index contributed by atoms with van der Waals surface area (Å²) in [7, 11) is 0. The number of aryl methyl sites for hydroxylation is 1. The van der Waals surface area contributed by atoms with Gasteiger partial charge >= 0.3 is 0 Å². The van der Waals surface area contributed by atoms with Crippen LogP contribution in [0.25, 0.3) is 5.69 Å². The summed E-state index contributed by atoms with van der Waals surface area (Å²) in [4.78, 5) is 6.53. The van der Waals surface area contributed by atoms with Gasteiger partial charge in [-0.1, -0.05) is 0 Å². The Labute approximate surface area is 189 Å². The summed E-state index contributed by atoms with van der Waals surface area (Å²) in [5.74, 6) is -1.77. The van der Waals surface area contributed by atoms with E-state index in [0.29, 0.717) is 12.2 Å². The maximum atomic E-state index is 15.3. The van der Waals surface area contributed by atoms with Crippen LogP contribution >= 0.6 is 0 Å². The molecule has 0 amide bonds. The SMILES string of the molecule is Cc1cc(NCC2(N3CCOCC3)CC2)c(F)c(Nc2ncn(-c3cc(F)cc(F)c3)n2)c1. The van der Waals surface area contributed by atoms with Crippen LogP contribution in [0.5, 0.6) is 0 Å². The molecule has 1 aromatic heterocycles. The van der Waals surface area contributed by atoms with Crippen LogP contribution in [-0.2, 0) is 4.74 Å². The van der Waals surface area contributed by atoms with Crippen molar-refractivity contribution in [1.82, 2.24) is 19.7 Å². The number of morpholine rings is 1. The number of aromatic nitrogens is 3. The fourth-order valence-electron chi connectivity index (χ4n) is 4.27. The van der Waals surface area contributed by atoms with Crippen molar-refractivity contribution in [3.63, 3.8) is 0 Å². The van der Waals surface area contributed by atoms with Crippen LogP contribution in [0.15, 0.2) is 36.7 Å². The quantitative estimate of drug-likeness (QED) is 0.558. The molecular formula is C23H25F3N6O. The molecule has 1 aliphatic heterocycles. The van der Waals surface area contributed by atoms with Gasteiger partial charge in [0.2, 0.25) is 5.95 Å². The topological polar surface area (TPSA) is 67.2 Å². The van der Waals surface area contributed by atoms with Gasteiger partial charge in [-0.25, -0.2) is 17.9 Å². The molecule has 3 aromatic rings. The lowest BCUT2D eigenvalue weighted by Gasteiger charge is -2.35. The molecule has 2 aromatic carbocycles. The zero-order valence-electron chi connectivity index (χ0n) is 18.2. The van der Waals surface area contributed by atoms with Gasteiger partial charge < -0.3 is 15.4 Å². The molecule has 2 N–H and O–H groups in total. The minimum Gasteiger partial charge on any atom is -0.381 e. The highest BCUT2D eigenvalue weighted by molar-refractivity contribution is 5.64. The largest absolute Gasteiger partial charge is 0.381 e. The van der Waals surface area contributed by atoms with Gasteiger partial charge in [0.25, 0.3) is 0 Å². The summed E-state index contributed by atoms with van der Waals surface area (Å²) in [5.41, 5.74) is 1.73. The van der Waals surface area contributed by atoms with Crippen molar-refractivity contribution < 1.29 is 17.9 Å². The fourth-order valence-corrected chi connectivity index (χ4v) is 4.27. The van der Waals surface area contributed by atoms with Crippen LogP contribution in [0.1, 0.15) is 18.4 Å². The Balaban J connectivity index is 1.31. The Bertz CT molecular complexity index is 1140. The average Bonchev–Trinajstić information content (AvgIpc) is 3.45. The molecule has 10 heteroatoms. The van der Waals surface area contributed by atoms with Crippen LogP contribution in [0.3, 0.4) is 0 Å². The van der Waals surface area contributed by atoms with Gasteiger partial charge in [-0.2, -0.15) is 4.98 Å². The normalized spacial score (nSPS) is 17.7. The molecular weight excluding hydrogens is 433 g/mol. The van der Waals surface area contributed by atoms with Crippen molar-refractivity contribution in [3.8, 4) is 5.69 Å². The number of nitrogens with one attached hydrogen (secondary N) is 2. The van der Waals surface area contributed by atoms with Gasteiger partial charge in [0, 0.05) is 31.2 Å². The Kier molecular flexibility index (Phi) is 5.71. The molecule has 0 unspecified atom stereocenters. The number of benzene rings is 2. The average molecular weight is 458 g/mol. The number of hydrogen-bond donors (Lipinski definition) is 2. The van der Waals surface area contributed by atoms with E-state index in [1.165, 1.54) is 11.0 Å². The molecule has 1 saturated carbocycles. The van der Waals surface area contributed by atoms with Crippen molar-refractivity contribution in [2.75, 3.05) is 43.5 Å². The maximum absolute atomic E-state index is 15.3. The van der Waals surface area contributed by atoms with Gasteiger partial charge in [-0.3, -0.25) is 4.90 Å². The summed E-state index contributed by atoms with van der Waals surface area (Å²) >= 11 is 0. The Morgan fingerprint density at radius 2 is 1.70 bits per heavy atom. The second-order valence-electron chi connectivity index (χ2n) is 8.62. The predicted octanol–water partition coefficient (Wildman–Crippen LogP) is 4.01. The predicted molar refractivity (Wildman–Crippen MR) is 119 cm³/mol. The first-order chi connectivity index (χ1) is 15.9. The second kappa shape index (κ2) is 8.68. The first-order valence-corrected chi connectivity index (χ1v) is 10.9. The summed E-state index contributed by atoms with van der Waals surface area (Å²) in [6.07, 6.45) is 3.48. The van der Waals surface area contributed by atoms with Crippen molar-refractivity contribution in [3.05, 3.63) is 59.7 Å². The van der Waals surface area contributed by atoms with Crippen LogP contribution in [-0.4, -0.2) is 58.1 Å². The van der Waals surface area contributed by atoms with E-state index < -0.39 is 17.5 Å². The molecule has 2 heterocycles. The third-order valence-electron chi connectivity index (χ3n) is 6.18. The number of anilines is 3. The molecule has 7 nitrogen and oxygen atoms in total. The summed E-state index contributed by atoms with van der Waals surface area (Å²) in [6.45, 7) is 5.80. The lowest BCUT2D eigenvalue weighted by molar-refractivity contribution is 0.0125. The molecule has 1 saturated heterocycles. The lowest BCUT2D eigenvalue weighted by Crippen LogP contribution is -2.48. The highest BCUT2D eigenvalue weighted by Gasteiger charge is 2.48. The number of halogens is 3. The third kappa shape index (κ3) is 4.67. The monoisotopic (exact) mass is 458 g/mol. The van der Waals surface area contributed by atoms with Crippen molar-refractivity contribution in [1.29, 1.82) is 0 Å². The van der Waals surface area contributed by atoms with E-state index in [9.17, 15) is 8.78 Å². The minimum absolute atomic E-state index is 0.0636. The van der Waals surface area contributed by atoms with Gasteiger partial charge in [0.15, 0.2) is 5.82 Å². The molecule has 0 radical (unpaired) electrons. The second-order valence-corrected chi connectivity index (χ2v) is 8.62. The van der Waals surface area contributed by atoms with Crippen molar-refractivity contribution >= 4 is 17.3 Å². The highest BCUT2D eigenvalue weighted by Crippen LogP contribution is 2.42. The fraction of sp³-hybridized carbons (Fsp3) is 0.391. The van der Waals surface area contributed by atoms with E-state index in [2.05, 4.69) is 25.6 Å². The minimum atomic E-state index is -0.721. The van der Waals surface area contributed by atoms with Gasteiger partial charge in [0.05, 0.1) is 30.3 Å². The molecule has 5 rings (SSSR count). The smallest absolute Gasteiger partial charge is 0.247 e. The Morgan fingerprint density at radius 1 is 1.00 bits per heavy atom. The Morgan fingerprint density at radius 3 is 2.39 bits per heavy atom. The zero-order valence-corrected chi connectivity index (χ0v) is 18.2. The number of nitrogens with zero attached hydrogens (tertiary/aromatic N) is 4. The number of rotatable bonds is 7. The van der Waals surface area contributed by atoms with Crippen LogP contribution in [0.4, 0.5) is 30.5 Å². The summed E-state index contributed by atoms with van der Waals surface area (Å²) in [6, 6.07) is 6.49. The van der Waals surface area contributed by atoms with E-state index in [-0.39, 0.29) is 22.9 Å². The molecule has 2 fully saturated rings. The molecule has 1 aliphatic carbocycles. The van der Waals surface area contributed by atoms with E-state index in [0.717, 1.165) is 62.9 Å². The standard InChI is InChI=1S/C23H25F3N6O/c1-15-8-19(27-13-23(2-3-23)31-4-6-33-7-5-31)21(26)20(9-15)29-22-28-14-32(30-22)18-11-16(24)10-17(25)12-18/h8-12,14,27H,2-7,13H2,1H3,(H,29,30). The van der Waals surface area contributed by atoms with Crippen LogP contribution in [0, 0.1) is 24.4 Å². The van der Waals surface area contributed by atoms with Gasteiger partial charge in [-0.05, 0) is 49.6 Å². The molecule has 0 atom stereocenters. The summed E-state index contributed by atoms with van der Waals surface area (Å²) < 4.78 is 49.0. The molecule has 0 bridgehead atoms. The molecule has 0 spiro atoms. The van der Waals surface area contributed by atoms with Crippen LogP contribution < -0.4 is 10.6 Å². The van der Waals surface area contributed by atoms with Gasteiger partial charge in [0.1, 0.15) is 18.0 Å².